The minimum atomic E-state index is -0.588. The molecule has 1 atom stereocenters. The minimum absolute atomic E-state index is 0.285. The van der Waals surface area contributed by atoms with Gasteiger partial charge in [-0.25, -0.2) is 4.79 Å². The summed E-state index contributed by atoms with van der Waals surface area (Å²) in [5, 5.41) is 0. The van der Waals surface area contributed by atoms with Gasteiger partial charge < -0.3 is 14.2 Å². The van der Waals surface area contributed by atoms with E-state index in [4.69, 9.17) is 14.2 Å². The summed E-state index contributed by atoms with van der Waals surface area (Å²) in [4.78, 5) is 11.8. The van der Waals surface area contributed by atoms with E-state index >= 15 is 0 Å². The number of hydrogen-bond acceptors (Lipinski definition) is 7. The molecule has 1 aromatic heterocycles. The first kappa shape index (κ1) is 22.6. The van der Waals surface area contributed by atoms with E-state index in [9.17, 15) is 4.79 Å². The van der Waals surface area contributed by atoms with E-state index in [0.29, 0.717) is 23.6 Å². The lowest BCUT2D eigenvalue weighted by Gasteiger charge is -2.36. The number of rotatable bonds is 12. The Balaban J connectivity index is 1.86. The van der Waals surface area contributed by atoms with Gasteiger partial charge in [0.2, 0.25) is 6.73 Å². The molecule has 1 aliphatic heterocycles. The van der Waals surface area contributed by atoms with Crippen molar-refractivity contribution in [3.8, 4) is 5.88 Å². The van der Waals surface area contributed by atoms with Crippen LogP contribution in [0.4, 0.5) is 4.79 Å². The summed E-state index contributed by atoms with van der Waals surface area (Å²) in [5.41, 5.74) is 1.93. The van der Waals surface area contributed by atoms with Crippen LogP contribution in [-0.2, 0) is 9.47 Å². The first-order valence-electron chi connectivity index (χ1n) is 10.4. The fourth-order valence-corrected chi connectivity index (χ4v) is 3.64. The predicted molar refractivity (Wildman–Crippen MR) is 110 cm³/mol. The standard InChI is InChI=1S/C20H34N3O4S/c1-4-6-8-9-14-25-19-18(21-28-22-19)17-11-10-12-23(3,15-17)16-27-20(24)26-13-7-5-2/h11H,4-10,12-16H2,1-3H3/q+1. The molecule has 2 rings (SSSR count). The number of quaternary nitrogens is 1. The van der Waals surface area contributed by atoms with Crippen LogP contribution in [0.25, 0.3) is 5.57 Å². The molecular weight excluding hydrogens is 378 g/mol. The Morgan fingerprint density at radius 2 is 1.93 bits per heavy atom. The molecule has 1 aliphatic rings. The third kappa shape index (κ3) is 7.39. The Kier molecular flexibility index (Phi) is 9.70. The molecule has 0 radical (unpaired) electrons. The SMILES string of the molecule is CCCCCCOc1nsnc1C1=CCC[N+](C)(COC(=O)OCCCC)C1. The van der Waals surface area contributed by atoms with Crippen LogP contribution >= 0.6 is 11.7 Å². The lowest BCUT2D eigenvalue weighted by molar-refractivity contribution is -0.919. The lowest BCUT2D eigenvalue weighted by Crippen LogP contribution is -2.49. The zero-order valence-electron chi connectivity index (χ0n) is 17.4. The van der Waals surface area contributed by atoms with Gasteiger partial charge in [-0.05, 0) is 12.8 Å². The van der Waals surface area contributed by atoms with Crippen LogP contribution in [0.1, 0.15) is 64.5 Å². The molecule has 0 saturated carbocycles. The zero-order valence-corrected chi connectivity index (χ0v) is 18.3. The second kappa shape index (κ2) is 12.0. The molecule has 0 aliphatic carbocycles. The first-order chi connectivity index (χ1) is 13.6. The highest BCUT2D eigenvalue weighted by molar-refractivity contribution is 6.99. The predicted octanol–water partition coefficient (Wildman–Crippen LogP) is 4.64. The molecule has 0 spiro atoms. The summed E-state index contributed by atoms with van der Waals surface area (Å²) in [5.74, 6) is 0.626. The van der Waals surface area contributed by atoms with Gasteiger partial charge in [0.1, 0.15) is 12.2 Å². The molecule has 2 heterocycles. The van der Waals surface area contributed by atoms with Gasteiger partial charge in [0.05, 0.1) is 38.5 Å². The maximum atomic E-state index is 11.8. The van der Waals surface area contributed by atoms with Crippen molar-refractivity contribution in [1.82, 2.24) is 8.75 Å². The second-order valence-electron chi connectivity index (χ2n) is 7.57. The molecule has 1 unspecified atom stereocenters. The molecule has 1 aromatic rings. The van der Waals surface area contributed by atoms with Crippen LogP contribution in [0.3, 0.4) is 0 Å². The number of unbranched alkanes of at least 4 members (excludes halogenated alkanes) is 4. The van der Waals surface area contributed by atoms with Crippen LogP contribution in [-0.4, -0.2) is 59.5 Å². The summed E-state index contributed by atoms with van der Waals surface area (Å²) in [6.07, 6.45) is 8.99. The molecule has 0 bridgehead atoms. The Morgan fingerprint density at radius 1 is 1.11 bits per heavy atom. The molecule has 0 N–H and O–H groups in total. The number of ether oxygens (including phenoxy) is 3. The highest BCUT2D eigenvalue weighted by Crippen LogP contribution is 2.30. The van der Waals surface area contributed by atoms with E-state index in [-0.39, 0.29) is 6.73 Å². The topological polar surface area (TPSA) is 70.5 Å². The van der Waals surface area contributed by atoms with Gasteiger partial charge in [-0.1, -0.05) is 45.6 Å². The zero-order chi connectivity index (χ0) is 20.2. The number of likely N-dealkylation sites (N-methyl/N-ethyl adjacent to an activating group) is 1. The lowest BCUT2D eigenvalue weighted by atomic mass is 10.1. The Morgan fingerprint density at radius 3 is 2.71 bits per heavy atom. The number of carbonyl (C=O) groups is 1. The molecule has 0 amide bonds. The number of aromatic nitrogens is 2. The van der Waals surface area contributed by atoms with Crippen molar-refractivity contribution in [1.29, 1.82) is 0 Å². The highest BCUT2D eigenvalue weighted by Gasteiger charge is 2.31. The number of carbonyl (C=O) groups excluding carboxylic acids is 1. The van der Waals surface area contributed by atoms with Crippen LogP contribution in [0.15, 0.2) is 6.08 Å². The fourth-order valence-electron chi connectivity index (χ4n) is 3.11. The smallest absolute Gasteiger partial charge is 0.475 e. The molecule has 0 aromatic carbocycles. The van der Waals surface area contributed by atoms with E-state index < -0.39 is 6.16 Å². The average Bonchev–Trinajstić information content (AvgIpc) is 3.15. The van der Waals surface area contributed by atoms with E-state index in [2.05, 4.69) is 35.7 Å². The van der Waals surface area contributed by atoms with Crippen molar-refractivity contribution >= 4 is 23.5 Å². The molecule has 0 fully saturated rings. The molecule has 0 saturated heterocycles. The van der Waals surface area contributed by atoms with Gasteiger partial charge >= 0.3 is 6.16 Å². The highest BCUT2D eigenvalue weighted by atomic mass is 32.1. The van der Waals surface area contributed by atoms with Crippen molar-refractivity contribution in [2.75, 3.05) is 40.1 Å². The van der Waals surface area contributed by atoms with Crippen LogP contribution < -0.4 is 4.74 Å². The Hall–Kier alpha value is -1.67. The van der Waals surface area contributed by atoms with Crippen LogP contribution in [0, 0.1) is 0 Å². The van der Waals surface area contributed by atoms with Crippen LogP contribution in [0.2, 0.25) is 0 Å². The van der Waals surface area contributed by atoms with Crippen molar-refractivity contribution in [2.45, 2.75) is 58.8 Å². The summed E-state index contributed by atoms with van der Waals surface area (Å²) in [7, 11) is 2.08. The monoisotopic (exact) mass is 412 g/mol. The van der Waals surface area contributed by atoms with Crippen molar-refractivity contribution in [3.63, 3.8) is 0 Å². The first-order valence-corrected chi connectivity index (χ1v) is 11.1. The van der Waals surface area contributed by atoms with Gasteiger partial charge in [-0.15, -0.1) is 4.37 Å². The van der Waals surface area contributed by atoms with E-state index in [1.807, 2.05) is 0 Å². The third-order valence-corrected chi connectivity index (χ3v) is 5.33. The maximum Gasteiger partial charge on any atom is 0.512 e. The average molecular weight is 413 g/mol. The largest absolute Gasteiger partial charge is 0.512 e. The van der Waals surface area contributed by atoms with Gasteiger partial charge in [-0.2, -0.15) is 4.37 Å². The summed E-state index contributed by atoms with van der Waals surface area (Å²) in [6, 6.07) is 0. The summed E-state index contributed by atoms with van der Waals surface area (Å²) < 4.78 is 25.7. The Labute approximate surface area is 172 Å². The number of hydrogen-bond donors (Lipinski definition) is 0. The summed E-state index contributed by atoms with van der Waals surface area (Å²) >= 11 is 1.18. The number of nitrogens with zero attached hydrogens (tertiary/aromatic N) is 3. The van der Waals surface area contributed by atoms with E-state index in [0.717, 1.165) is 50.0 Å². The normalized spacial score (nSPS) is 19.2. The third-order valence-electron chi connectivity index (χ3n) is 4.82. The van der Waals surface area contributed by atoms with Gasteiger partial charge in [0, 0.05) is 12.0 Å². The van der Waals surface area contributed by atoms with E-state index in [1.165, 1.54) is 31.0 Å². The Bertz CT molecular complexity index is 635. The summed E-state index contributed by atoms with van der Waals surface area (Å²) in [6.45, 7) is 7.24. The minimum Gasteiger partial charge on any atom is -0.475 e. The maximum absolute atomic E-state index is 11.8. The molecular formula is C20H34N3O4S+. The molecule has 7 nitrogen and oxygen atoms in total. The van der Waals surface area contributed by atoms with Crippen LogP contribution in [0.5, 0.6) is 5.88 Å². The van der Waals surface area contributed by atoms with Gasteiger partial charge in [-0.3, -0.25) is 4.48 Å². The molecule has 28 heavy (non-hydrogen) atoms. The van der Waals surface area contributed by atoms with Crippen molar-refractivity contribution in [2.24, 2.45) is 0 Å². The quantitative estimate of drug-likeness (QED) is 0.283. The van der Waals surface area contributed by atoms with Gasteiger partial charge in [0.15, 0.2) is 0 Å². The van der Waals surface area contributed by atoms with Gasteiger partial charge in [0.25, 0.3) is 5.88 Å². The van der Waals surface area contributed by atoms with Crippen molar-refractivity contribution in [3.05, 3.63) is 11.8 Å². The fraction of sp³-hybridized carbons (Fsp3) is 0.750. The van der Waals surface area contributed by atoms with E-state index in [1.54, 1.807) is 0 Å². The van der Waals surface area contributed by atoms with Crippen molar-refractivity contribution < 1.29 is 23.5 Å². The molecule has 8 heteroatoms. The second-order valence-corrected chi connectivity index (χ2v) is 8.10. The molecule has 158 valence electrons.